The average Bonchev–Trinajstić information content (AvgIpc) is 3.66. The van der Waals surface area contributed by atoms with Gasteiger partial charge in [-0.2, -0.15) is 0 Å². The van der Waals surface area contributed by atoms with E-state index in [1.165, 1.54) is 43.3 Å². The second-order valence-electron chi connectivity index (χ2n) is 11.4. The molecule has 5 atom stereocenters. The standard InChI is InChI=1S/C28H32O4/c1-3-5-16-10-19(24-26(31-24)22(16)29)21-18-8-14-7-15(9-18)13-28(21,12-14)20-11-17(6-4-2)23(30)27-25(20)32-27/h10-11,14-15,18,21,26-27H,3-9,12-13H2,1-2H3. The van der Waals surface area contributed by atoms with E-state index in [0.717, 1.165) is 60.2 Å². The van der Waals surface area contributed by atoms with Gasteiger partial charge in [0.1, 0.15) is 5.76 Å². The summed E-state index contributed by atoms with van der Waals surface area (Å²) in [7, 11) is 0. The number of rotatable bonds is 6. The van der Waals surface area contributed by atoms with E-state index in [4.69, 9.17) is 9.47 Å². The van der Waals surface area contributed by atoms with Crippen molar-refractivity contribution in [1.29, 1.82) is 0 Å². The van der Waals surface area contributed by atoms with Crippen molar-refractivity contribution >= 4 is 11.6 Å². The first-order valence-corrected chi connectivity index (χ1v) is 12.9. The summed E-state index contributed by atoms with van der Waals surface area (Å²) in [6, 6.07) is 0. The van der Waals surface area contributed by atoms with Crippen molar-refractivity contribution in [3.63, 3.8) is 0 Å². The Hall–Kier alpha value is -2.10. The van der Waals surface area contributed by atoms with Gasteiger partial charge in [-0.15, -0.1) is 0 Å². The van der Waals surface area contributed by atoms with Gasteiger partial charge in [-0.3, -0.25) is 9.59 Å². The summed E-state index contributed by atoms with van der Waals surface area (Å²) in [6.07, 6.45) is 13.8. The topological polar surface area (TPSA) is 59.2 Å². The van der Waals surface area contributed by atoms with Crippen molar-refractivity contribution in [2.75, 3.05) is 0 Å². The summed E-state index contributed by atoms with van der Waals surface area (Å²) in [5, 5.41) is 0. The lowest BCUT2D eigenvalue weighted by Crippen LogP contribution is -2.54. The Morgan fingerprint density at radius 1 is 0.844 bits per heavy atom. The molecule has 168 valence electrons. The van der Waals surface area contributed by atoms with Crippen molar-refractivity contribution in [3.8, 4) is 0 Å². The Balaban J connectivity index is 1.37. The third kappa shape index (κ3) is 2.50. The van der Waals surface area contributed by atoms with Crippen LogP contribution in [0.1, 0.15) is 71.6 Å². The van der Waals surface area contributed by atoms with Crippen molar-refractivity contribution in [3.05, 3.63) is 46.0 Å². The Kier molecular flexibility index (Phi) is 3.93. The molecule has 2 heterocycles. The number of ketones is 2. The SMILES string of the molecule is CCCC1=CC(C2C3CC4CC(C3)CC2(C2=C3OC3C(=O)C(CCC)=C2)C4)=C2OC2C1=O. The minimum Gasteiger partial charge on any atom is -0.474 e. The van der Waals surface area contributed by atoms with Gasteiger partial charge in [0.15, 0.2) is 5.76 Å². The Labute approximate surface area is 189 Å². The molecule has 6 aliphatic carbocycles. The smallest absolute Gasteiger partial charge is 0.217 e. The number of hydrogen-bond donors (Lipinski definition) is 0. The van der Waals surface area contributed by atoms with Crippen LogP contribution >= 0.6 is 0 Å². The van der Waals surface area contributed by atoms with Crippen molar-refractivity contribution in [1.82, 2.24) is 0 Å². The fourth-order valence-corrected chi connectivity index (χ4v) is 8.48. The van der Waals surface area contributed by atoms with E-state index >= 15 is 0 Å². The van der Waals surface area contributed by atoms with Crippen LogP contribution in [0.3, 0.4) is 0 Å². The van der Waals surface area contributed by atoms with Crippen molar-refractivity contribution < 1.29 is 19.1 Å². The highest BCUT2D eigenvalue weighted by Crippen LogP contribution is 2.70. The summed E-state index contributed by atoms with van der Waals surface area (Å²) < 4.78 is 11.9. The quantitative estimate of drug-likeness (QED) is 0.531. The number of epoxide rings is 2. The molecule has 2 saturated heterocycles. The van der Waals surface area contributed by atoms with Crippen molar-refractivity contribution in [2.45, 2.75) is 83.8 Å². The van der Waals surface area contributed by atoms with E-state index in [9.17, 15) is 9.59 Å². The zero-order valence-corrected chi connectivity index (χ0v) is 19.1. The molecule has 4 nitrogen and oxygen atoms in total. The number of allylic oxidation sites excluding steroid dienone is 4. The maximum atomic E-state index is 12.8. The highest BCUT2D eigenvalue weighted by atomic mass is 16.6. The molecule has 0 aromatic rings. The van der Waals surface area contributed by atoms with Gasteiger partial charge in [-0.1, -0.05) is 26.7 Å². The highest BCUT2D eigenvalue weighted by Gasteiger charge is 2.64. The van der Waals surface area contributed by atoms with E-state index in [-0.39, 0.29) is 29.2 Å². The number of ether oxygens (including phenoxy) is 2. The highest BCUT2D eigenvalue weighted by molar-refractivity contribution is 6.05. The van der Waals surface area contributed by atoms with Gasteiger partial charge >= 0.3 is 0 Å². The van der Waals surface area contributed by atoms with E-state index in [0.29, 0.717) is 11.8 Å². The molecule has 5 unspecified atom stereocenters. The molecular formula is C28H32O4. The van der Waals surface area contributed by atoms with E-state index in [1.54, 1.807) is 0 Å². The molecule has 8 rings (SSSR count). The third-order valence-electron chi connectivity index (χ3n) is 9.38. The minimum atomic E-state index is -0.313. The molecule has 4 saturated carbocycles. The number of fused-ring (bicyclic) bond motifs is 2. The number of carbonyl (C=O) groups excluding carboxylic acids is 2. The van der Waals surface area contributed by atoms with Crippen LogP contribution in [0.2, 0.25) is 0 Å². The molecule has 8 aliphatic rings. The maximum absolute atomic E-state index is 12.8. The second-order valence-corrected chi connectivity index (χ2v) is 11.4. The molecule has 0 spiro atoms. The summed E-state index contributed by atoms with van der Waals surface area (Å²) in [5.74, 6) is 4.88. The monoisotopic (exact) mass is 432 g/mol. The van der Waals surface area contributed by atoms with Crippen LogP contribution in [0.4, 0.5) is 0 Å². The van der Waals surface area contributed by atoms with Crippen LogP contribution in [-0.4, -0.2) is 23.8 Å². The van der Waals surface area contributed by atoms with Crippen LogP contribution in [0.15, 0.2) is 46.0 Å². The normalized spacial score (nSPS) is 42.8. The molecule has 6 fully saturated rings. The molecule has 4 heteroatoms. The first-order valence-electron chi connectivity index (χ1n) is 12.9. The van der Waals surface area contributed by atoms with E-state index in [2.05, 4.69) is 26.0 Å². The van der Waals surface area contributed by atoms with Gasteiger partial charge < -0.3 is 9.47 Å². The maximum Gasteiger partial charge on any atom is 0.217 e. The van der Waals surface area contributed by atoms with Gasteiger partial charge in [-0.05, 0) is 80.4 Å². The van der Waals surface area contributed by atoms with Crippen LogP contribution in [0.5, 0.6) is 0 Å². The summed E-state index contributed by atoms with van der Waals surface area (Å²) >= 11 is 0. The molecule has 2 aliphatic heterocycles. The van der Waals surface area contributed by atoms with Crippen LogP contribution in [0, 0.1) is 29.1 Å². The van der Waals surface area contributed by atoms with E-state index < -0.39 is 0 Å². The minimum absolute atomic E-state index is 0.0333. The van der Waals surface area contributed by atoms with Gasteiger partial charge in [0.2, 0.25) is 23.8 Å². The lowest BCUT2D eigenvalue weighted by atomic mass is 9.41. The number of Topliss-reactive ketones (excluding diaryl/α,β-unsaturated/α-hetero) is 2. The lowest BCUT2D eigenvalue weighted by Gasteiger charge is -2.62. The third-order valence-corrected chi connectivity index (χ3v) is 9.38. The predicted octanol–water partition coefficient (Wildman–Crippen LogP) is 5.35. The second kappa shape index (κ2) is 6.48. The molecule has 0 radical (unpaired) electrons. The van der Waals surface area contributed by atoms with Gasteiger partial charge in [-0.25, -0.2) is 0 Å². The lowest BCUT2D eigenvalue weighted by molar-refractivity contribution is -0.117. The Morgan fingerprint density at radius 3 is 2.09 bits per heavy atom. The van der Waals surface area contributed by atoms with E-state index in [1.807, 2.05) is 0 Å². The van der Waals surface area contributed by atoms with Crippen LogP contribution in [-0.2, 0) is 19.1 Å². The van der Waals surface area contributed by atoms with Crippen LogP contribution in [0.25, 0.3) is 0 Å². The van der Waals surface area contributed by atoms with Gasteiger partial charge in [0.25, 0.3) is 0 Å². The zero-order chi connectivity index (χ0) is 21.8. The largest absolute Gasteiger partial charge is 0.474 e. The molecule has 0 aromatic heterocycles. The molecular weight excluding hydrogens is 400 g/mol. The van der Waals surface area contributed by atoms with Crippen LogP contribution < -0.4 is 0 Å². The van der Waals surface area contributed by atoms with Gasteiger partial charge in [0, 0.05) is 28.1 Å². The fourth-order valence-electron chi connectivity index (χ4n) is 8.48. The predicted molar refractivity (Wildman–Crippen MR) is 119 cm³/mol. The summed E-state index contributed by atoms with van der Waals surface area (Å²) in [4.78, 5) is 25.6. The fraction of sp³-hybridized carbons (Fsp3) is 0.643. The summed E-state index contributed by atoms with van der Waals surface area (Å²) in [5.41, 5.74) is 4.60. The average molecular weight is 433 g/mol. The summed E-state index contributed by atoms with van der Waals surface area (Å²) in [6.45, 7) is 4.28. The number of hydrogen-bond acceptors (Lipinski definition) is 4. The molecule has 0 amide bonds. The molecule has 0 N–H and O–H groups in total. The zero-order valence-electron chi connectivity index (χ0n) is 19.1. The first kappa shape index (κ1) is 19.4. The van der Waals surface area contributed by atoms with Gasteiger partial charge in [0.05, 0.1) is 0 Å². The Morgan fingerprint density at radius 2 is 1.44 bits per heavy atom. The molecule has 32 heavy (non-hydrogen) atoms. The molecule has 0 aromatic carbocycles. The molecule has 4 bridgehead atoms. The first-order chi connectivity index (χ1) is 15.5. The number of carbonyl (C=O) groups is 2. The Bertz CT molecular complexity index is 1050. The van der Waals surface area contributed by atoms with Crippen molar-refractivity contribution in [2.24, 2.45) is 29.1 Å².